The van der Waals surface area contributed by atoms with E-state index in [4.69, 9.17) is 4.42 Å². The molecule has 3 nitrogen and oxygen atoms in total. The van der Waals surface area contributed by atoms with Gasteiger partial charge in [-0.2, -0.15) is 0 Å². The Balaban J connectivity index is 2.80. The quantitative estimate of drug-likeness (QED) is 0.892. The topological polar surface area (TPSA) is 50.4 Å². The first kappa shape index (κ1) is 12.7. The lowest BCUT2D eigenvalue weighted by Crippen LogP contribution is -2.02. The highest BCUT2D eigenvalue weighted by atomic mass is 16.4. The van der Waals surface area contributed by atoms with E-state index in [1.165, 1.54) is 0 Å². The lowest BCUT2D eigenvalue weighted by atomic mass is 9.96. The highest BCUT2D eigenvalue weighted by molar-refractivity contribution is 5.97. The Hall–Kier alpha value is -1.77. The summed E-state index contributed by atoms with van der Waals surface area (Å²) in [6.45, 7) is 8.09. The molecule has 1 heterocycles. The fourth-order valence-corrected chi connectivity index (χ4v) is 2.34. The number of hydrogen-bond acceptors (Lipinski definition) is 2. The molecule has 0 aliphatic heterocycles. The lowest BCUT2D eigenvalue weighted by molar-refractivity contribution is 0.0663. The first-order chi connectivity index (χ1) is 8.41. The van der Waals surface area contributed by atoms with Gasteiger partial charge in [0.25, 0.3) is 0 Å². The van der Waals surface area contributed by atoms with Crippen LogP contribution in [0.25, 0.3) is 11.0 Å². The second-order valence-corrected chi connectivity index (χ2v) is 5.22. The number of hydrogen-bond donors (Lipinski definition) is 1. The van der Waals surface area contributed by atoms with Crippen LogP contribution in [0, 0.1) is 19.8 Å². The monoisotopic (exact) mass is 246 g/mol. The molecule has 0 saturated carbocycles. The van der Waals surface area contributed by atoms with Crippen molar-refractivity contribution in [3.05, 3.63) is 34.6 Å². The molecule has 2 aromatic rings. The second kappa shape index (κ2) is 4.48. The number of fused-ring (bicyclic) bond motifs is 1. The Morgan fingerprint density at radius 2 is 1.89 bits per heavy atom. The number of carbonyl (C=O) groups is 1. The van der Waals surface area contributed by atoms with Crippen LogP contribution >= 0.6 is 0 Å². The van der Waals surface area contributed by atoms with Gasteiger partial charge < -0.3 is 9.52 Å². The zero-order valence-corrected chi connectivity index (χ0v) is 11.2. The molecule has 0 aliphatic rings. The van der Waals surface area contributed by atoms with Crippen LogP contribution in [-0.2, 0) is 6.42 Å². The summed E-state index contributed by atoms with van der Waals surface area (Å²) in [5, 5.41) is 10.2. The second-order valence-electron chi connectivity index (χ2n) is 5.22. The molecule has 3 heteroatoms. The summed E-state index contributed by atoms with van der Waals surface area (Å²) < 4.78 is 5.57. The summed E-state index contributed by atoms with van der Waals surface area (Å²) in [5.41, 5.74) is 3.59. The van der Waals surface area contributed by atoms with Crippen LogP contribution < -0.4 is 0 Å². The highest BCUT2D eigenvalue weighted by Crippen LogP contribution is 2.32. The summed E-state index contributed by atoms with van der Waals surface area (Å²) in [7, 11) is 0. The van der Waals surface area contributed by atoms with Gasteiger partial charge in [0.1, 0.15) is 5.58 Å². The molecule has 96 valence electrons. The molecule has 0 unspecified atom stereocenters. The SMILES string of the molecule is Cc1ccc(C)c2c(CC(C)C)c(C(=O)O)oc12. The van der Waals surface area contributed by atoms with E-state index in [9.17, 15) is 9.90 Å². The van der Waals surface area contributed by atoms with Crippen molar-refractivity contribution in [2.24, 2.45) is 5.92 Å². The van der Waals surface area contributed by atoms with E-state index in [0.717, 1.165) is 28.5 Å². The van der Waals surface area contributed by atoms with E-state index in [0.29, 0.717) is 11.5 Å². The number of carboxylic acids is 1. The third-order valence-electron chi connectivity index (χ3n) is 3.15. The third kappa shape index (κ3) is 2.01. The fraction of sp³-hybridized carbons (Fsp3) is 0.400. The summed E-state index contributed by atoms with van der Waals surface area (Å²) in [5.74, 6) is -0.499. The van der Waals surface area contributed by atoms with Gasteiger partial charge in [0.2, 0.25) is 5.76 Å². The van der Waals surface area contributed by atoms with E-state index < -0.39 is 5.97 Å². The summed E-state index contributed by atoms with van der Waals surface area (Å²) in [4.78, 5) is 11.3. The normalized spacial score (nSPS) is 11.4. The first-order valence-corrected chi connectivity index (χ1v) is 6.16. The molecule has 0 amide bonds. The largest absolute Gasteiger partial charge is 0.475 e. The van der Waals surface area contributed by atoms with Crippen LogP contribution in [0.15, 0.2) is 16.5 Å². The van der Waals surface area contributed by atoms with E-state index in [2.05, 4.69) is 13.8 Å². The predicted octanol–water partition coefficient (Wildman–Crippen LogP) is 3.95. The minimum atomic E-state index is -0.986. The molecule has 0 spiro atoms. The van der Waals surface area contributed by atoms with E-state index >= 15 is 0 Å². The molecule has 18 heavy (non-hydrogen) atoms. The maximum absolute atomic E-state index is 11.3. The average molecular weight is 246 g/mol. The van der Waals surface area contributed by atoms with Gasteiger partial charge in [-0.3, -0.25) is 0 Å². The van der Waals surface area contributed by atoms with Gasteiger partial charge >= 0.3 is 5.97 Å². The summed E-state index contributed by atoms with van der Waals surface area (Å²) >= 11 is 0. The summed E-state index contributed by atoms with van der Waals surface area (Å²) in [6, 6.07) is 3.98. The maximum Gasteiger partial charge on any atom is 0.372 e. The molecule has 0 fully saturated rings. The molecule has 0 aliphatic carbocycles. The molecule has 1 aromatic heterocycles. The van der Waals surface area contributed by atoms with Crippen molar-refractivity contribution in [2.45, 2.75) is 34.1 Å². The molecule has 0 saturated heterocycles. The third-order valence-corrected chi connectivity index (χ3v) is 3.15. The van der Waals surface area contributed by atoms with Gasteiger partial charge in [-0.25, -0.2) is 4.79 Å². The zero-order chi connectivity index (χ0) is 13.4. The summed E-state index contributed by atoms with van der Waals surface area (Å²) in [6.07, 6.45) is 0.721. The van der Waals surface area contributed by atoms with Crippen molar-refractivity contribution < 1.29 is 14.3 Å². The first-order valence-electron chi connectivity index (χ1n) is 6.16. The predicted molar refractivity (Wildman–Crippen MR) is 71.2 cm³/mol. The fourth-order valence-electron chi connectivity index (χ4n) is 2.34. The lowest BCUT2D eigenvalue weighted by Gasteiger charge is -2.05. The Bertz CT molecular complexity index is 606. The van der Waals surface area contributed by atoms with Crippen LogP contribution in [0.5, 0.6) is 0 Å². The van der Waals surface area contributed by atoms with Crippen molar-refractivity contribution >= 4 is 16.9 Å². The average Bonchev–Trinajstić information content (AvgIpc) is 2.63. The highest BCUT2D eigenvalue weighted by Gasteiger charge is 2.22. The van der Waals surface area contributed by atoms with Gasteiger partial charge in [0.15, 0.2) is 0 Å². The van der Waals surface area contributed by atoms with Crippen molar-refractivity contribution in [2.75, 3.05) is 0 Å². The van der Waals surface area contributed by atoms with E-state index in [1.807, 2.05) is 26.0 Å². The molecule has 0 radical (unpaired) electrons. The number of rotatable bonds is 3. The van der Waals surface area contributed by atoms with Gasteiger partial charge in [0, 0.05) is 10.9 Å². The van der Waals surface area contributed by atoms with Crippen LogP contribution in [0.4, 0.5) is 0 Å². The number of furan rings is 1. The minimum Gasteiger partial charge on any atom is -0.475 e. The molecule has 1 N–H and O–H groups in total. The number of aryl methyl sites for hydroxylation is 2. The Labute approximate surface area is 106 Å². The molecule has 2 rings (SSSR count). The van der Waals surface area contributed by atoms with Gasteiger partial charge in [0.05, 0.1) is 0 Å². The number of benzene rings is 1. The Morgan fingerprint density at radius 1 is 1.28 bits per heavy atom. The van der Waals surface area contributed by atoms with Crippen molar-refractivity contribution in [3.8, 4) is 0 Å². The Kier molecular flexibility index (Phi) is 3.16. The van der Waals surface area contributed by atoms with Crippen LogP contribution in [0.2, 0.25) is 0 Å². The van der Waals surface area contributed by atoms with Crippen LogP contribution in [0.1, 0.15) is 41.1 Å². The standard InChI is InChI=1S/C15H18O3/c1-8(2)7-11-12-9(3)5-6-10(4)13(12)18-14(11)15(16)17/h5-6,8H,7H2,1-4H3,(H,16,17). The minimum absolute atomic E-state index is 0.0936. The van der Waals surface area contributed by atoms with Gasteiger partial charge in [-0.05, 0) is 37.3 Å². The number of aromatic carboxylic acids is 1. The number of carboxylic acid groups (broad SMARTS) is 1. The smallest absolute Gasteiger partial charge is 0.372 e. The molecule has 1 aromatic carbocycles. The Morgan fingerprint density at radius 3 is 2.44 bits per heavy atom. The van der Waals surface area contributed by atoms with Crippen molar-refractivity contribution in [1.82, 2.24) is 0 Å². The molecule has 0 bridgehead atoms. The van der Waals surface area contributed by atoms with Crippen molar-refractivity contribution in [1.29, 1.82) is 0 Å². The molecule has 0 atom stereocenters. The van der Waals surface area contributed by atoms with E-state index in [-0.39, 0.29) is 5.76 Å². The van der Waals surface area contributed by atoms with Gasteiger partial charge in [-0.15, -0.1) is 0 Å². The van der Waals surface area contributed by atoms with E-state index in [1.54, 1.807) is 0 Å². The van der Waals surface area contributed by atoms with Gasteiger partial charge in [-0.1, -0.05) is 26.0 Å². The molecular weight excluding hydrogens is 228 g/mol. The van der Waals surface area contributed by atoms with Crippen LogP contribution in [0.3, 0.4) is 0 Å². The van der Waals surface area contributed by atoms with Crippen molar-refractivity contribution in [3.63, 3.8) is 0 Å². The maximum atomic E-state index is 11.3. The van der Waals surface area contributed by atoms with Crippen LogP contribution in [-0.4, -0.2) is 11.1 Å². The zero-order valence-electron chi connectivity index (χ0n) is 11.2. The molecular formula is C15H18O3.